The smallest absolute Gasteiger partial charge is 0.406 e. The molecule has 144 valence electrons. The number of hydrogen-bond acceptors (Lipinski definition) is 4. The fourth-order valence-corrected chi connectivity index (χ4v) is 2.93. The maximum absolute atomic E-state index is 14.3. The molecule has 0 saturated heterocycles. The van der Waals surface area contributed by atoms with Crippen molar-refractivity contribution in [2.75, 3.05) is 6.61 Å². The number of nitrogens with one attached hydrogen (secondary N) is 1. The van der Waals surface area contributed by atoms with Gasteiger partial charge < -0.3 is 9.94 Å². The lowest BCUT2D eigenvalue weighted by Gasteiger charge is -2.19. The molecular formula is C17H14Cl2F2N2O4. The Morgan fingerprint density at radius 3 is 2.52 bits per heavy atom. The number of hydroxylamine groups is 1. The number of nitrogens with zero attached hydrogens (tertiary/aromatic N) is 1. The highest BCUT2D eigenvalue weighted by molar-refractivity contribution is 6.35. The lowest BCUT2D eigenvalue weighted by atomic mass is 10.2. The Balaban J connectivity index is 1.71. The van der Waals surface area contributed by atoms with E-state index in [2.05, 4.69) is 4.84 Å². The number of halogens is 4. The Labute approximate surface area is 163 Å². The predicted octanol–water partition coefficient (Wildman–Crippen LogP) is 3.83. The molecule has 0 bridgehead atoms. The highest BCUT2D eigenvalue weighted by atomic mass is 35.5. The van der Waals surface area contributed by atoms with Gasteiger partial charge in [0.2, 0.25) is 0 Å². The normalized spacial score (nSPS) is 14.1. The zero-order valence-electron chi connectivity index (χ0n) is 13.8. The molecule has 10 heteroatoms. The van der Waals surface area contributed by atoms with Gasteiger partial charge >= 0.3 is 6.11 Å². The number of amides is 1. The van der Waals surface area contributed by atoms with Gasteiger partial charge in [0.1, 0.15) is 21.4 Å². The number of carbonyl (C=O) groups excluding carboxylic acids is 1. The molecule has 1 N–H and O–H groups in total. The highest BCUT2D eigenvalue weighted by Gasteiger charge is 2.41. The molecule has 1 aromatic carbocycles. The van der Waals surface area contributed by atoms with Crippen molar-refractivity contribution in [3.8, 4) is 5.75 Å². The van der Waals surface area contributed by atoms with Crippen molar-refractivity contribution in [2.24, 2.45) is 5.92 Å². The first-order valence-corrected chi connectivity index (χ1v) is 8.70. The first kappa shape index (κ1) is 19.6. The summed E-state index contributed by atoms with van der Waals surface area (Å²) in [4.78, 5) is 16.5. The van der Waals surface area contributed by atoms with E-state index in [0.717, 1.165) is 12.8 Å². The fraction of sp³-hybridized carbons (Fsp3) is 0.294. The molecule has 1 aliphatic carbocycles. The topological polar surface area (TPSA) is 74.5 Å². The minimum Gasteiger partial charge on any atom is -0.619 e. The molecule has 1 heterocycles. The molecule has 1 aliphatic rings. The van der Waals surface area contributed by atoms with Crippen molar-refractivity contribution in [1.82, 2.24) is 5.48 Å². The summed E-state index contributed by atoms with van der Waals surface area (Å²) in [6, 6.07) is 6.21. The van der Waals surface area contributed by atoms with E-state index in [1.54, 1.807) is 23.7 Å². The van der Waals surface area contributed by atoms with Crippen LogP contribution in [0, 0.1) is 11.1 Å². The van der Waals surface area contributed by atoms with Gasteiger partial charge in [0.15, 0.2) is 12.4 Å². The summed E-state index contributed by atoms with van der Waals surface area (Å²) >= 11 is 11.3. The summed E-state index contributed by atoms with van der Waals surface area (Å²) in [7, 11) is 0. The van der Waals surface area contributed by atoms with Crippen molar-refractivity contribution in [3.05, 3.63) is 63.0 Å². The first-order valence-electron chi connectivity index (χ1n) is 7.94. The Hall–Kier alpha value is -2.16. The molecule has 0 spiro atoms. The first-order chi connectivity index (χ1) is 12.8. The Kier molecular flexibility index (Phi) is 5.69. The van der Waals surface area contributed by atoms with E-state index in [1.165, 1.54) is 6.07 Å². The third kappa shape index (κ3) is 4.77. The monoisotopic (exact) mass is 418 g/mol. The number of carbonyl (C=O) groups is 1. The van der Waals surface area contributed by atoms with Gasteiger partial charge in [-0.25, -0.2) is 5.48 Å². The second kappa shape index (κ2) is 7.84. The van der Waals surface area contributed by atoms with Crippen LogP contribution in [0.15, 0.2) is 36.7 Å². The standard InChI is InChI=1S/C17H14Cl2F2N2O4/c18-12-7-23(25)8-13(19)15(12)17(20,21)27-22-16(24)11-3-1-2-4-14(11)26-9-10-5-6-10/h1-4,7-8,10H,5-6,9H2,(H,22,24). The van der Waals surface area contributed by atoms with Gasteiger partial charge in [-0.1, -0.05) is 35.3 Å². The van der Waals surface area contributed by atoms with Crippen molar-refractivity contribution >= 4 is 29.1 Å². The number of pyridine rings is 1. The van der Waals surface area contributed by atoms with Gasteiger partial charge in [0.25, 0.3) is 5.91 Å². The Morgan fingerprint density at radius 1 is 1.26 bits per heavy atom. The van der Waals surface area contributed by atoms with E-state index in [4.69, 9.17) is 27.9 Å². The molecule has 1 fully saturated rings. The molecule has 0 unspecified atom stereocenters. The zero-order chi connectivity index (χ0) is 19.6. The molecule has 1 amide bonds. The van der Waals surface area contributed by atoms with Crippen molar-refractivity contribution in [2.45, 2.75) is 19.0 Å². The molecule has 6 nitrogen and oxygen atoms in total. The SMILES string of the molecule is O=C(NOC(F)(F)c1c(Cl)c[n+]([O-])cc1Cl)c1ccccc1OCC1CC1. The number of benzene rings is 1. The lowest BCUT2D eigenvalue weighted by molar-refractivity contribution is -0.605. The van der Waals surface area contributed by atoms with E-state index < -0.39 is 27.6 Å². The van der Waals surface area contributed by atoms with Crippen LogP contribution in [-0.4, -0.2) is 12.5 Å². The van der Waals surface area contributed by atoms with Crippen molar-refractivity contribution in [3.63, 3.8) is 0 Å². The number of para-hydroxylation sites is 1. The van der Waals surface area contributed by atoms with Crippen LogP contribution in [0.25, 0.3) is 0 Å². The molecule has 27 heavy (non-hydrogen) atoms. The third-order valence-electron chi connectivity index (χ3n) is 3.82. The second-order valence-corrected chi connectivity index (χ2v) is 6.80. The summed E-state index contributed by atoms with van der Waals surface area (Å²) < 4.78 is 34.3. The largest absolute Gasteiger partial charge is 0.619 e. The molecule has 1 saturated carbocycles. The number of aromatic nitrogens is 1. The summed E-state index contributed by atoms with van der Waals surface area (Å²) in [5.41, 5.74) is 0.784. The van der Waals surface area contributed by atoms with Gasteiger partial charge in [-0.15, -0.1) is 0 Å². The predicted molar refractivity (Wildman–Crippen MR) is 92.5 cm³/mol. The van der Waals surface area contributed by atoms with Gasteiger partial charge in [0, 0.05) is 0 Å². The fourth-order valence-electron chi connectivity index (χ4n) is 2.27. The van der Waals surface area contributed by atoms with Gasteiger partial charge in [-0.2, -0.15) is 18.3 Å². The van der Waals surface area contributed by atoms with E-state index in [0.29, 0.717) is 24.9 Å². The van der Waals surface area contributed by atoms with Crippen LogP contribution in [0.4, 0.5) is 8.78 Å². The molecular weight excluding hydrogens is 405 g/mol. The van der Waals surface area contributed by atoms with Crippen LogP contribution in [-0.2, 0) is 10.9 Å². The number of hydrogen-bond donors (Lipinski definition) is 1. The van der Waals surface area contributed by atoms with Crippen LogP contribution in [0.1, 0.15) is 28.8 Å². The minimum absolute atomic E-state index is 0.0385. The van der Waals surface area contributed by atoms with E-state index in [9.17, 15) is 18.8 Å². The molecule has 0 radical (unpaired) electrons. The summed E-state index contributed by atoms with van der Waals surface area (Å²) in [5, 5.41) is 9.96. The molecule has 2 aromatic rings. The van der Waals surface area contributed by atoms with Crippen molar-refractivity contribution in [1.29, 1.82) is 0 Å². The van der Waals surface area contributed by atoms with E-state index in [1.807, 2.05) is 0 Å². The average Bonchev–Trinajstić information content (AvgIpc) is 3.41. The summed E-state index contributed by atoms with van der Waals surface area (Å²) in [6.07, 6.45) is -0.551. The van der Waals surface area contributed by atoms with Gasteiger partial charge in [0.05, 0.1) is 12.2 Å². The van der Waals surface area contributed by atoms with E-state index >= 15 is 0 Å². The minimum atomic E-state index is -4.07. The third-order valence-corrected chi connectivity index (χ3v) is 4.40. The number of alkyl halides is 2. The second-order valence-electron chi connectivity index (χ2n) is 5.99. The quantitative estimate of drug-likeness (QED) is 0.421. The molecule has 0 atom stereocenters. The zero-order valence-corrected chi connectivity index (χ0v) is 15.3. The number of ether oxygens (including phenoxy) is 1. The van der Waals surface area contributed by atoms with Crippen LogP contribution < -0.4 is 14.9 Å². The summed E-state index contributed by atoms with van der Waals surface area (Å²) in [5.74, 6) is -0.215. The van der Waals surface area contributed by atoms with Crippen LogP contribution in [0.5, 0.6) is 5.75 Å². The molecule has 1 aromatic heterocycles. The van der Waals surface area contributed by atoms with E-state index in [-0.39, 0.29) is 16.0 Å². The van der Waals surface area contributed by atoms with Gasteiger partial charge in [-0.3, -0.25) is 4.79 Å². The Morgan fingerprint density at radius 2 is 1.89 bits per heavy atom. The highest BCUT2D eigenvalue weighted by Crippen LogP contribution is 2.38. The summed E-state index contributed by atoms with van der Waals surface area (Å²) in [6.45, 7) is 0.450. The maximum atomic E-state index is 14.3. The molecule has 3 rings (SSSR count). The lowest BCUT2D eigenvalue weighted by Crippen LogP contribution is -2.34. The van der Waals surface area contributed by atoms with Crippen LogP contribution in [0.2, 0.25) is 10.0 Å². The Bertz CT molecular complexity index is 840. The van der Waals surface area contributed by atoms with Gasteiger partial charge in [-0.05, 0) is 30.9 Å². The van der Waals surface area contributed by atoms with Crippen molar-refractivity contribution < 1.29 is 27.9 Å². The van der Waals surface area contributed by atoms with Crippen LogP contribution >= 0.6 is 23.2 Å². The van der Waals surface area contributed by atoms with Crippen LogP contribution in [0.3, 0.4) is 0 Å². The number of rotatable bonds is 7. The molecule has 0 aliphatic heterocycles. The average molecular weight is 419 g/mol. The maximum Gasteiger partial charge on any atom is 0.406 e.